The molecule has 148 valence electrons. The minimum Gasteiger partial charge on any atom is -0.369 e. The van der Waals surface area contributed by atoms with Gasteiger partial charge in [0.2, 0.25) is 5.91 Å². The Hall–Kier alpha value is -3.87. The predicted octanol–water partition coefficient (Wildman–Crippen LogP) is 1.88. The number of guanidine groups is 1. The molecule has 0 radical (unpaired) electrons. The Kier molecular flexibility index (Phi) is 4.99. The summed E-state index contributed by atoms with van der Waals surface area (Å²) >= 11 is 0. The summed E-state index contributed by atoms with van der Waals surface area (Å²) in [6, 6.07) is 6.31. The van der Waals surface area contributed by atoms with E-state index >= 15 is 0 Å². The summed E-state index contributed by atoms with van der Waals surface area (Å²) in [7, 11) is 1.47. The number of halogens is 2. The van der Waals surface area contributed by atoms with Crippen LogP contribution in [0.2, 0.25) is 0 Å². The average molecular weight is 398 g/mol. The lowest BCUT2D eigenvalue weighted by Crippen LogP contribution is -2.47. The van der Waals surface area contributed by atoms with E-state index in [4.69, 9.17) is 11.0 Å². The second kappa shape index (κ2) is 7.27. The van der Waals surface area contributed by atoms with Crippen molar-refractivity contribution in [2.75, 3.05) is 12.4 Å². The van der Waals surface area contributed by atoms with Gasteiger partial charge in [-0.05, 0) is 31.2 Å². The van der Waals surface area contributed by atoms with Crippen LogP contribution < -0.4 is 11.1 Å². The highest BCUT2D eigenvalue weighted by atomic mass is 19.1. The SMILES string of the molecule is CN1C(=O)CC(C)(c2cc(NC(=O)c3ncc(C#N)cc3F)ccc2F)N=C1N. The van der Waals surface area contributed by atoms with E-state index in [0.29, 0.717) is 0 Å². The molecule has 0 bridgehead atoms. The number of amides is 2. The smallest absolute Gasteiger partial charge is 0.277 e. The molecule has 0 fully saturated rings. The number of nitrogens with one attached hydrogen (secondary N) is 1. The molecule has 1 aliphatic heterocycles. The van der Waals surface area contributed by atoms with Crippen LogP contribution in [-0.2, 0) is 10.3 Å². The number of pyridine rings is 1. The fourth-order valence-corrected chi connectivity index (χ4v) is 2.94. The van der Waals surface area contributed by atoms with Crippen molar-refractivity contribution < 1.29 is 18.4 Å². The third-order valence-electron chi connectivity index (χ3n) is 4.56. The van der Waals surface area contributed by atoms with Gasteiger partial charge in [-0.2, -0.15) is 5.26 Å². The number of nitrogens with two attached hydrogens (primary N) is 1. The molecule has 1 unspecified atom stereocenters. The van der Waals surface area contributed by atoms with Gasteiger partial charge >= 0.3 is 0 Å². The molecule has 1 aliphatic rings. The van der Waals surface area contributed by atoms with Crippen LogP contribution in [0.5, 0.6) is 0 Å². The van der Waals surface area contributed by atoms with Gasteiger partial charge in [0.1, 0.15) is 11.9 Å². The van der Waals surface area contributed by atoms with Crippen LogP contribution in [-0.4, -0.2) is 34.7 Å². The summed E-state index contributed by atoms with van der Waals surface area (Å²) < 4.78 is 28.5. The predicted molar refractivity (Wildman–Crippen MR) is 99.6 cm³/mol. The van der Waals surface area contributed by atoms with Crippen molar-refractivity contribution in [2.24, 2.45) is 10.7 Å². The van der Waals surface area contributed by atoms with Gasteiger partial charge in [-0.1, -0.05) is 0 Å². The lowest BCUT2D eigenvalue weighted by Gasteiger charge is -2.34. The Labute approximate surface area is 164 Å². The maximum atomic E-state index is 14.5. The number of nitrogens with zero attached hydrogens (tertiary/aromatic N) is 4. The summed E-state index contributed by atoms with van der Waals surface area (Å²) in [5.74, 6) is -2.87. The van der Waals surface area contributed by atoms with Crippen molar-refractivity contribution in [3.63, 3.8) is 0 Å². The van der Waals surface area contributed by atoms with Gasteiger partial charge in [0, 0.05) is 24.5 Å². The zero-order valence-electron chi connectivity index (χ0n) is 15.5. The van der Waals surface area contributed by atoms with Gasteiger partial charge in [0.05, 0.1) is 17.5 Å². The summed E-state index contributed by atoms with van der Waals surface area (Å²) in [6.45, 7) is 1.55. The Bertz CT molecular complexity index is 1090. The zero-order valence-corrected chi connectivity index (χ0v) is 15.5. The number of benzene rings is 1. The fraction of sp³-hybridized carbons (Fsp3) is 0.211. The molecule has 0 aliphatic carbocycles. The summed E-state index contributed by atoms with van der Waals surface area (Å²) in [5.41, 5.74) is 4.14. The van der Waals surface area contributed by atoms with Crippen LogP contribution in [0.15, 0.2) is 35.5 Å². The largest absolute Gasteiger partial charge is 0.369 e. The van der Waals surface area contributed by atoms with E-state index in [1.165, 1.54) is 24.1 Å². The number of hydrogen-bond acceptors (Lipinski definition) is 6. The molecule has 1 atom stereocenters. The van der Waals surface area contributed by atoms with E-state index in [0.717, 1.165) is 18.3 Å². The van der Waals surface area contributed by atoms with Gasteiger partial charge in [0.25, 0.3) is 5.91 Å². The van der Waals surface area contributed by atoms with Gasteiger partial charge in [0.15, 0.2) is 17.5 Å². The van der Waals surface area contributed by atoms with Crippen LogP contribution in [0.3, 0.4) is 0 Å². The molecule has 0 spiro atoms. The van der Waals surface area contributed by atoms with E-state index in [1.807, 2.05) is 0 Å². The summed E-state index contributed by atoms with van der Waals surface area (Å²) in [5, 5.41) is 11.2. The minimum atomic E-state index is -1.27. The average Bonchev–Trinajstić information content (AvgIpc) is 2.67. The topological polar surface area (TPSA) is 124 Å². The first kappa shape index (κ1) is 19.9. The molecule has 1 aromatic carbocycles. The Morgan fingerprint density at radius 2 is 2.07 bits per heavy atom. The van der Waals surface area contributed by atoms with Crippen molar-refractivity contribution in [1.82, 2.24) is 9.88 Å². The van der Waals surface area contributed by atoms with Crippen LogP contribution >= 0.6 is 0 Å². The van der Waals surface area contributed by atoms with Crippen LogP contribution in [0.25, 0.3) is 0 Å². The van der Waals surface area contributed by atoms with Crippen LogP contribution in [0.1, 0.15) is 35.0 Å². The first-order chi connectivity index (χ1) is 13.6. The molecule has 0 saturated carbocycles. The first-order valence-corrected chi connectivity index (χ1v) is 8.43. The third-order valence-corrected chi connectivity index (χ3v) is 4.56. The number of aromatic nitrogens is 1. The second-order valence-corrected chi connectivity index (χ2v) is 6.69. The standard InChI is InChI=1S/C19H16F2N6O2/c1-19(7-15(28)27(2)18(23)26-19)12-6-11(3-4-13(12)20)25-17(29)16-14(21)5-10(8-22)9-24-16/h3-6,9H,7H2,1-2H3,(H2,23,26)(H,25,29). The highest BCUT2D eigenvalue weighted by Crippen LogP contribution is 2.35. The van der Waals surface area contributed by atoms with E-state index in [1.54, 1.807) is 13.0 Å². The van der Waals surface area contributed by atoms with Crippen molar-refractivity contribution in [1.29, 1.82) is 5.26 Å². The molecule has 2 amide bonds. The maximum Gasteiger partial charge on any atom is 0.277 e. The molecule has 8 nitrogen and oxygen atoms in total. The Morgan fingerprint density at radius 3 is 2.69 bits per heavy atom. The van der Waals surface area contributed by atoms with E-state index < -0.39 is 28.8 Å². The normalized spacial score (nSPS) is 18.8. The molecule has 29 heavy (non-hydrogen) atoms. The fourth-order valence-electron chi connectivity index (χ4n) is 2.94. The van der Waals surface area contributed by atoms with Crippen LogP contribution in [0.4, 0.5) is 14.5 Å². The number of hydrogen-bond donors (Lipinski definition) is 2. The molecule has 2 aromatic rings. The Morgan fingerprint density at radius 1 is 1.34 bits per heavy atom. The highest BCUT2D eigenvalue weighted by Gasteiger charge is 2.38. The first-order valence-electron chi connectivity index (χ1n) is 8.43. The summed E-state index contributed by atoms with van der Waals surface area (Å²) in [6.07, 6.45) is 0.946. The van der Waals surface area contributed by atoms with E-state index in [-0.39, 0.29) is 35.1 Å². The quantitative estimate of drug-likeness (QED) is 0.817. The number of nitriles is 1. The molecule has 2 heterocycles. The van der Waals surface area contributed by atoms with Crippen molar-refractivity contribution in [3.8, 4) is 6.07 Å². The highest BCUT2D eigenvalue weighted by molar-refractivity contribution is 6.03. The second-order valence-electron chi connectivity index (χ2n) is 6.69. The molecular weight excluding hydrogens is 382 g/mol. The summed E-state index contributed by atoms with van der Waals surface area (Å²) in [4.78, 5) is 33.5. The van der Waals surface area contributed by atoms with Gasteiger partial charge < -0.3 is 11.1 Å². The molecular formula is C19H16F2N6O2. The number of carbonyl (C=O) groups excluding carboxylic acids is 2. The van der Waals surface area contributed by atoms with Crippen molar-refractivity contribution >= 4 is 23.5 Å². The van der Waals surface area contributed by atoms with E-state index in [2.05, 4.69) is 15.3 Å². The van der Waals surface area contributed by atoms with Crippen molar-refractivity contribution in [2.45, 2.75) is 18.9 Å². The molecule has 10 heteroatoms. The van der Waals surface area contributed by atoms with Gasteiger partial charge in [-0.3, -0.25) is 14.5 Å². The van der Waals surface area contributed by atoms with Gasteiger partial charge in [-0.15, -0.1) is 0 Å². The lowest BCUT2D eigenvalue weighted by atomic mass is 9.87. The number of anilines is 1. The number of aliphatic imine (C=N–C) groups is 1. The monoisotopic (exact) mass is 398 g/mol. The minimum absolute atomic E-state index is 0.0292. The molecule has 0 saturated heterocycles. The third kappa shape index (κ3) is 3.75. The number of carbonyl (C=O) groups is 2. The number of rotatable bonds is 3. The molecule has 3 rings (SSSR count). The molecule has 1 aromatic heterocycles. The van der Waals surface area contributed by atoms with Crippen molar-refractivity contribution in [3.05, 3.63) is 58.9 Å². The van der Waals surface area contributed by atoms with Gasteiger partial charge in [-0.25, -0.2) is 18.8 Å². The Balaban J connectivity index is 1.93. The maximum absolute atomic E-state index is 14.5. The lowest BCUT2D eigenvalue weighted by molar-refractivity contribution is -0.128. The molecule has 3 N–H and O–H groups in total. The zero-order chi connectivity index (χ0) is 21.3. The van der Waals surface area contributed by atoms with E-state index in [9.17, 15) is 18.4 Å². The van der Waals surface area contributed by atoms with Crippen LogP contribution in [0, 0.1) is 23.0 Å².